The summed E-state index contributed by atoms with van der Waals surface area (Å²) in [7, 11) is 3.45. The number of aliphatic imine (C=N–C) groups is 1. The van der Waals surface area contributed by atoms with Crippen LogP contribution in [-0.4, -0.2) is 53.1 Å². The number of hydrogen-bond acceptors (Lipinski definition) is 4. The summed E-state index contributed by atoms with van der Waals surface area (Å²) < 4.78 is 16.3. The van der Waals surface area contributed by atoms with Crippen LogP contribution in [0.5, 0.6) is 5.75 Å². The van der Waals surface area contributed by atoms with Gasteiger partial charge in [0.1, 0.15) is 5.75 Å². The third-order valence-electron chi connectivity index (χ3n) is 3.29. The molecular formula is C19H34IN3O3. The van der Waals surface area contributed by atoms with E-state index >= 15 is 0 Å². The highest BCUT2D eigenvalue weighted by molar-refractivity contribution is 14.0. The SMILES string of the molecule is CN=C(NCCCOCC(C)C)Nc1cccc(OCCCOC)c1.I. The van der Waals surface area contributed by atoms with Crippen molar-refractivity contribution in [2.24, 2.45) is 10.9 Å². The molecule has 0 radical (unpaired) electrons. The van der Waals surface area contributed by atoms with Crippen LogP contribution in [0.25, 0.3) is 0 Å². The Kier molecular flexibility index (Phi) is 15.5. The van der Waals surface area contributed by atoms with Gasteiger partial charge in [0, 0.05) is 58.7 Å². The molecule has 1 rings (SSSR count). The van der Waals surface area contributed by atoms with Crippen LogP contribution >= 0.6 is 24.0 Å². The fourth-order valence-electron chi connectivity index (χ4n) is 2.07. The molecule has 0 bridgehead atoms. The fourth-order valence-corrected chi connectivity index (χ4v) is 2.07. The summed E-state index contributed by atoms with van der Waals surface area (Å²) in [6.07, 6.45) is 1.81. The number of hydrogen-bond donors (Lipinski definition) is 2. The molecule has 26 heavy (non-hydrogen) atoms. The predicted molar refractivity (Wildman–Crippen MR) is 119 cm³/mol. The van der Waals surface area contributed by atoms with Gasteiger partial charge >= 0.3 is 0 Å². The average molecular weight is 479 g/mol. The van der Waals surface area contributed by atoms with Crippen LogP contribution in [0.15, 0.2) is 29.3 Å². The minimum Gasteiger partial charge on any atom is -0.493 e. The number of methoxy groups -OCH3 is 1. The largest absolute Gasteiger partial charge is 0.493 e. The van der Waals surface area contributed by atoms with E-state index in [1.54, 1.807) is 14.2 Å². The lowest BCUT2D eigenvalue weighted by Gasteiger charge is -2.13. The van der Waals surface area contributed by atoms with Gasteiger partial charge < -0.3 is 24.8 Å². The maximum atomic E-state index is 5.71. The first-order valence-corrected chi connectivity index (χ1v) is 8.93. The van der Waals surface area contributed by atoms with Gasteiger partial charge in [-0.2, -0.15) is 0 Å². The van der Waals surface area contributed by atoms with Crippen LogP contribution in [0.2, 0.25) is 0 Å². The molecule has 0 amide bonds. The first-order valence-electron chi connectivity index (χ1n) is 8.93. The molecule has 0 atom stereocenters. The van der Waals surface area contributed by atoms with Crippen LogP contribution in [0.1, 0.15) is 26.7 Å². The zero-order valence-corrected chi connectivity index (χ0v) is 18.7. The molecule has 0 aliphatic carbocycles. The Morgan fingerprint density at radius 3 is 2.65 bits per heavy atom. The summed E-state index contributed by atoms with van der Waals surface area (Å²) in [6, 6.07) is 7.85. The second-order valence-corrected chi connectivity index (χ2v) is 6.17. The smallest absolute Gasteiger partial charge is 0.195 e. The van der Waals surface area contributed by atoms with Crippen molar-refractivity contribution < 1.29 is 14.2 Å². The van der Waals surface area contributed by atoms with Gasteiger partial charge in [-0.15, -0.1) is 24.0 Å². The van der Waals surface area contributed by atoms with E-state index in [1.165, 1.54) is 0 Å². The Balaban J connectivity index is 0.00000625. The van der Waals surface area contributed by atoms with Crippen molar-refractivity contribution in [2.45, 2.75) is 26.7 Å². The molecule has 0 spiro atoms. The van der Waals surface area contributed by atoms with Crippen molar-refractivity contribution in [2.75, 3.05) is 52.4 Å². The Labute approximate surface area is 175 Å². The number of nitrogens with zero attached hydrogens (tertiary/aromatic N) is 1. The van der Waals surface area contributed by atoms with Gasteiger partial charge in [0.15, 0.2) is 5.96 Å². The van der Waals surface area contributed by atoms with Gasteiger partial charge in [0.2, 0.25) is 0 Å². The monoisotopic (exact) mass is 479 g/mol. The standard InChI is InChI=1S/C19H33N3O3.HI/c1-16(2)15-24-12-6-10-21-19(20-3)22-17-8-5-9-18(14-17)25-13-7-11-23-4;/h5,8-9,14,16H,6-7,10-13,15H2,1-4H3,(H2,20,21,22);1H. The zero-order valence-electron chi connectivity index (χ0n) is 16.4. The normalized spacial score (nSPS) is 11.2. The Morgan fingerprint density at radius 2 is 1.96 bits per heavy atom. The number of ether oxygens (including phenoxy) is 3. The third kappa shape index (κ3) is 12.3. The van der Waals surface area contributed by atoms with E-state index in [-0.39, 0.29) is 24.0 Å². The molecule has 2 N–H and O–H groups in total. The highest BCUT2D eigenvalue weighted by Gasteiger charge is 2.01. The van der Waals surface area contributed by atoms with E-state index in [0.29, 0.717) is 19.1 Å². The van der Waals surface area contributed by atoms with Crippen molar-refractivity contribution in [1.29, 1.82) is 0 Å². The zero-order chi connectivity index (χ0) is 18.3. The van der Waals surface area contributed by atoms with Crippen LogP contribution in [0.4, 0.5) is 5.69 Å². The van der Waals surface area contributed by atoms with Gasteiger partial charge in [-0.3, -0.25) is 4.99 Å². The first kappa shape index (κ1) is 24.9. The number of guanidine groups is 1. The highest BCUT2D eigenvalue weighted by Crippen LogP contribution is 2.17. The molecule has 0 saturated carbocycles. The summed E-state index contributed by atoms with van der Waals surface area (Å²) in [6.45, 7) is 8.02. The lowest BCUT2D eigenvalue weighted by molar-refractivity contribution is 0.108. The quantitative estimate of drug-likeness (QED) is 0.207. The van der Waals surface area contributed by atoms with Crippen LogP contribution in [0, 0.1) is 5.92 Å². The van der Waals surface area contributed by atoms with Crippen molar-refractivity contribution in [3.8, 4) is 5.75 Å². The Morgan fingerprint density at radius 1 is 1.15 bits per heavy atom. The number of anilines is 1. The molecule has 0 aromatic heterocycles. The summed E-state index contributed by atoms with van der Waals surface area (Å²) >= 11 is 0. The van der Waals surface area contributed by atoms with E-state index < -0.39 is 0 Å². The number of benzene rings is 1. The molecule has 0 aliphatic heterocycles. The van der Waals surface area contributed by atoms with Crippen molar-refractivity contribution in [3.05, 3.63) is 24.3 Å². The topological polar surface area (TPSA) is 64.1 Å². The molecule has 1 aromatic carbocycles. The molecular weight excluding hydrogens is 445 g/mol. The summed E-state index contributed by atoms with van der Waals surface area (Å²) in [5.74, 6) is 2.14. The van der Waals surface area contributed by atoms with Gasteiger partial charge in [-0.1, -0.05) is 19.9 Å². The second-order valence-electron chi connectivity index (χ2n) is 6.17. The molecule has 0 fully saturated rings. The van der Waals surface area contributed by atoms with Crippen LogP contribution in [-0.2, 0) is 9.47 Å². The predicted octanol–water partition coefficient (Wildman–Crippen LogP) is 3.77. The molecule has 6 nitrogen and oxygen atoms in total. The van der Waals surface area contributed by atoms with Crippen LogP contribution < -0.4 is 15.4 Å². The number of rotatable bonds is 12. The average Bonchev–Trinajstić information content (AvgIpc) is 2.60. The second kappa shape index (κ2) is 16.1. The van der Waals surface area contributed by atoms with Gasteiger partial charge in [-0.05, 0) is 24.5 Å². The van der Waals surface area contributed by atoms with Crippen LogP contribution in [0.3, 0.4) is 0 Å². The van der Waals surface area contributed by atoms with Gasteiger partial charge in [0.25, 0.3) is 0 Å². The lowest BCUT2D eigenvalue weighted by Crippen LogP contribution is -2.32. The third-order valence-corrected chi connectivity index (χ3v) is 3.29. The van der Waals surface area contributed by atoms with E-state index in [2.05, 4.69) is 29.5 Å². The maximum Gasteiger partial charge on any atom is 0.195 e. The van der Waals surface area contributed by atoms with E-state index in [0.717, 1.165) is 50.0 Å². The number of halogens is 1. The summed E-state index contributed by atoms with van der Waals surface area (Å²) in [5, 5.41) is 6.56. The minimum absolute atomic E-state index is 0. The molecule has 0 heterocycles. The Bertz CT molecular complexity index is 499. The molecule has 0 aliphatic rings. The van der Waals surface area contributed by atoms with E-state index in [4.69, 9.17) is 14.2 Å². The Hall–Kier alpha value is -1.06. The molecule has 0 unspecified atom stereocenters. The van der Waals surface area contributed by atoms with Crippen molar-refractivity contribution >= 4 is 35.6 Å². The van der Waals surface area contributed by atoms with Gasteiger partial charge in [-0.25, -0.2) is 0 Å². The van der Waals surface area contributed by atoms with E-state index in [9.17, 15) is 0 Å². The van der Waals surface area contributed by atoms with Crippen molar-refractivity contribution in [3.63, 3.8) is 0 Å². The van der Waals surface area contributed by atoms with E-state index in [1.807, 2.05) is 24.3 Å². The van der Waals surface area contributed by atoms with Gasteiger partial charge in [0.05, 0.1) is 6.61 Å². The summed E-state index contributed by atoms with van der Waals surface area (Å²) in [4.78, 5) is 4.24. The highest BCUT2D eigenvalue weighted by atomic mass is 127. The molecule has 7 heteroatoms. The molecule has 1 aromatic rings. The number of nitrogens with one attached hydrogen (secondary N) is 2. The fraction of sp³-hybridized carbons (Fsp3) is 0.632. The summed E-state index contributed by atoms with van der Waals surface area (Å²) in [5.41, 5.74) is 0.938. The van der Waals surface area contributed by atoms with Crippen molar-refractivity contribution in [1.82, 2.24) is 5.32 Å². The maximum absolute atomic E-state index is 5.71. The first-order chi connectivity index (χ1) is 12.2. The minimum atomic E-state index is 0. The lowest BCUT2D eigenvalue weighted by atomic mass is 10.2. The molecule has 150 valence electrons. The molecule has 0 saturated heterocycles.